The van der Waals surface area contributed by atoms with Crippen molar-refractivity contribution in [1.29, 1.82) is 0 Å². The Bertz CT molecular complexity index is 1490. The molecule has 0 bridgehead atoms. The number of nitrogens with one attached hydrogen (secondary N) is 1. The van der Waals surface area contributed by atoms with E-state index in [2.05, 4.69) is 15.3 Å². The van der Waals surface area contributed by atoms with E-state index in [1.807, 2.05) is 12.1 Å². The molecule has 0 aliphatic carbocycles. The first-order chi connectivity index (χ1) is 16.4. The van der Waals surface area contributed by atoms with Crippen molar-refractivity contribution in [2.24, 2.45) is 0 Å². The number of sulfonamides is 1. The van der Waals surface area contributed by atoms with Gasteiger partial charge in [-0.2, -0.15) is 0 Å². The number of halogens is 1. The number of carbonyl (C=O) groups is 1. The van der Waals surface area contributed by atoms with Gasteiger partial charge in [-0.3, -0.25) is 14.8 Å². The summed E-state index contributed by atoms with van der Waals surface area (Å²) in [5.41, 5.74) is 2.71. The first-order valence-corrected chi connectivity index (χ1v) is 12.4. The summed E-state index contributed by atoms with van der Waals surface area (Å²) in [6.07, 6.45) is 5.14. The number of anilines is 2. The van der Waals surface area contributed by atoms with Crippen molar-refractivity contribution in [2.45, 2.75) is 0 Å². The molecule has 8 nitrogen and oxygen atoms in total. The van der Waals surface area contributed by atoms with Gasteiger partial charge in [-0.15, -0.1) is 0 Å². The number of carbonyl (C=O) groups excluding carboxylic acids is 1. The normalized spacial score (nSPS) is 15.3. The van der Waals surface area contributed by atoms with Gasteiger partial charge in [0.05, 0.1) is 28.8 Å². The highest BCUT2D eigenvalue weighted by molar-refractivity contribution is 7.92. The average Bonchev–Trinajstić information content (AvgIpc) is 2.85. The van der Waals surface area contributed by atoms with Gasteiger partial charge in [0.1, 0.15) is 6.73 Å². The molecule has 3 heterocycles. The molecule has 1 saturated heterocycles. The topological polar surface area (TPSA) is 101 Å². The third-order valence-corrected chi connectivity index (χ3v) is 7.49. The summed E-state index contributed by atoms with van der Waals surface area (Å²) >= 11 is 6.46. The summed E-state index contributed by atoms with van der Waals surface area (Å²) in [5, 5.41) is 5.19. The molecule has 4 aromatic rings. The fraction of sp³-hybridized carbons (Fsp3) is 0.125. The van der Waals surface area contributed by atoms with Crippen LogP contribution in [0.2, 0.25) is 5.02 Å². The van der Waals surface area contributed by atoms with Crippen molar-refractivity contribution >= 4 is 49.7 Å². The van der Waals surface area contributed by atoms with Gasteiger partial charge in [-0.25, -0.2) is 12.7 Å². The molecule has 0 atom stereocenters. The molecule has 1 amide bonds. The lowest BCUT2D eigenvalue weighted by atomic mass is 10.0. The van der Waals surface area contributed by atoms with Crippen LogP contribution in [0.3, 0.4) is 0 Å². The van der Waals surface area contributed by atoms with E-state index in [9.17, 15) is 13.2 Å². The van der Waals surface area contributed by atoms with Crippen LogP contribution in [0, 0.1) is 0 Å². The van der Waals surface area contributed by atoms with Crippen LogP contribution in [0.25, 0.3) is 22.0 Å². The fourth-order valence-corrected chi connectivity index (χ4v) is 5.16. The van der Waals surface area contributed by atoms with E-state index in [0.717, 1.165) is 10.8 Å². The molecule has 0 spiro atoms. The molecule has 0 radical (unpaired) electrons. The number of hydrogen-bond donors (Lipinski definition) is 1. The molecule has 10 heteroatoms. The molecule has 0 saturated carbocycles. The second-order valence-electron chi connectivity index (χ2n) is 7.65. The average molecular weight is 495 g/mol. The molecule has 5 rings (SSSR count). The predicted molar refractivity (Wildman–Crippen MR) is 131 cm³/mol. The molecular weight excluding hydrogens is 476 g/mol. The number of nitrogens with zero attached hydrogens (tertiary/aromatic N) is 3. The highest BCUT2D eigenvalue weighted by Gasteiger charge is 2.26. The van der Waals surface area contributed by atoms with Crippen LogP contribution in [-0.2, 0) is 14.8 Å². The second kappa shape index (κ2) is 9.02. The van der Waals surface area contributed by atoms with Gasteiger partial charge in [0.15, 0.2) is 0 Å². The molecule has 172 valence electrons. The van der Waals surface area contributed by atoms with Crippen LogP contribution < -0.4 is 9.62 Å². The minimum absolute atomic E-state index is 0.0425. The SMILES string of the molecule is O=C(Nc1ccc(Cl)c(-c2nccc3ccncc23)c1)c1ccc(N2COCCS2(=O)=O)cc1. The number of aromatic nitrogens is 2. The summed E-state index contributed by atoms with van der Waals surface area (Å²) in [7, 11) is -3.42. The molecule has 2 aromatic carbocycles. The van der Waals surface area contributed by atoms with Gasteiger partial charge in [0.25, 0.3) is 5.91 Å². The van der Waals surface area contributed by atoms with Crippen LogP contribution in [0.1, 0.15) is 10.4 Å². The summed E-state index contributed by atoms with van der Waals surface area (Å²) < 4.78 is 30.9. The van der Waals surface area contributed by atoms with E-state index in [0.29, 0.717) is 33.2 Å². The largest absolute Gasteiger partial charge is 0.359 e. The molecule has 0 unspecified atom stereocenters. The van der Waals surface area contributed by atoms with Crippen LogP contribution >= 0.6 is 11.6 Å². The molecule has 1 N–H and O–H groups in total. The van der Waals surface area contributed by atoms with E-state index in [4.69, 9.17) is 16.3 Å². The Kier molecular flexibility index (Phi) is 5.91. The maximum atomic E-state index is 12.8. The maximum absolute atomic E-state index is 12.8. The Hall–Kier alpha value is -3.53. The highest BCUT2D eigenvalue weighted by Crippen LogP contribution is 2.33. The van der Waals surface area contributed by atoms with Crippen molar-refractivity contribution in [3.8, 4) is 11.3 Å². The van der Waals surface area contributed by atoms with Crippen molar-refractivity contribution in [2.75, 3.05) is 28.7 Å². The quantitative estimate of drug-likeness (QED) is 0.453. The minimum atomic E-state index is -3.42. The zero-order valence-corrected chi connectivity index (χ0v) is 19.4. The number of pyridine rings is 2. The fourth-order valence-electron chi connectivity index (χ4n) is 3.73. The van der Waals surface area contributed by atoms with Crippen LogP contribution in [-0.4, -0.2) is 43.4 Å². The standard InChI is InChI=1S/C24H19ClN4O4S/c25-22-6-3-18(13-20(22)23-21-14-26-9-7-16(21)8-10-27-23)28-24(30)17-1-4-19(5-2-17)29-15-33-11-12-34(29,31)32/h1-10,13-14H,11-12,15H2,(H,28,30). The van der Waals surface area contributed by atoms with Crippen LogP contribution in [0.15, 0.2) is 73.2 Å². The third kappa shape index (κ3) is 4.33. The second-order valence-corrected chi connectivity index (χ2v) is 10.1. The molecular formula is C24H19ClN4O4S. The molecule has 1 aliphatic heterocycles. The van der Waals surface area contributed by atoms with Gasteiger partial charge < -0.3 is 10.1 Å². The van der Waals surface area contributed by atoms with Crippen molar-refractivity contribution in [1.82, 2.24) is 9.97 Å². The van der Waals surface area contributed by atoms with E-state index in [1.165, 1.54) is 4.31 Å². The van der Waals surface area contributed by atoms with E-state index >= 15 is 0 Å². The van der Waals surface area contributed by atoms with Gasteiger partial charge in [0.2, 0.25) is 10.0 Å². The maximum Gasteiger partial charge on any atom is 0.255 e. The van der Waals surface area contributed by atoms with Crippen LogP contribution in [0.5, 0.6) is 0 Å². The summed E-state index contributed by atoms with van der Waals surface area (Å²) in [6, 6.07) is 15.3. The van der Waals surface area contributed by atoms with Gasteiger partial charge in [-0.05, 0) is 60.0 Å². The lowest BCUT2D eigenvalue weighted by Crippen LogP contribution is -2.41. The zero-order valence-electron chi connectivity index (χ0n) is 17.8. The third-order valence-electron chi connectivity index (χ3n) is 5.49. The summed E-state index contributed by atoms with van der Waals surface area (Å²) in [6.45, 7) is 0.131. The number of rotatable bonds is 4. The zero-order chi connectivity index (χ0) is 23.7. The number of benzene rings is 2. The van der Waals surface area contributed by atoms with Gasteiger partial charge >= 0.3 is 0 Å². The van der Waals surface area contributed by atoms with Crippen molar-refractivity contribution in [3.05, 3.63) is 83.8 Å². The monoisotopic (exact) mass is 494 g/mol. The summed E-state index contributed by atoms with van der Waals surface area (Å²) in [5.74, 6) is -0.416. The highest BCUT2D eigenvalue weighted by atomic mass is 35.5. The Balaban J connectivity index is 1.39. The molecule has 1 fully saturated rings. The predicted octanol–water partition coefficient (Wildman–Crippen LogP) is 4.33. The first kappa shape index (κ1) is 22.3. The molecule has 34 heavy (non-hydrogen) atoms. The van der Waals surface area contributed by atoms with E-state index < -0.39 is 10.0 Å². The molecule has 2 aromatic heterocycles. The first-order valence-electron chi connectivity index (χ1n) is 10.4. The Morgan fingerprint density at radius 3 is 2.65 bits per heavy atom. The molecule has 1 aliphatic rings. The van der Waals surface area contributed by atoms with Crippen molar-refractivity contribution < 1.29 is 17.9 Å². The van der Waals surface area contributed by atoms with Gasteiger partial charge in [0, 0.05) is 40.8 Å². The Labute approximate surface area is 201 Å². The van der Waals surface area contributed by atoms with Gasteiger partial charge in [-0.1, -0.05) is 11.6 Å². The number of ether oxygens (including phenoxy) is 1. The van der Waals surface area contributed by atoms with Crippen molar-refractivity contribution in [3.63, 3.8) is 0 Å². The number of hydrogen-bond acceptors (Lipinski definition) is 6. The van der Waals surface area contributed by atoms with E-state index in [1.54, 1.807) is 61.1 Å². The minimum Gasteiger partial charge on any atom is -0.359 e. The van der Waals surface area contributed by atoms with E-state index in [-0.39, 0.29) is 25.0 Å². The van der Waals surface area contributed by atoms with Crippen LogP contribution in [0.4, 0.5) is 11.4 Å². The smallest absolute Gasteiger partial charge is 0.255 e. The lowest BCUT2D eigenvalue weighted by Gasteiger charge is -2.28. The summed E-state index contributed by atoms with van der Waals surface area (Å²) in [4.78, 5) is 21.5. The number of amides is 1. The Morgan fingerprint density at radius 2 is 1.85 bits per heavy atom. The number of fused-ring (bicyclic) bond motifs is 1. The Morgan fingerprint density at radius 1 is 1.06 bits per heavy atom. The lowest BCUT2D eigenvalue weighted by molar-refractivity contribution is 0.102.